The Kier molecular flexibility index (Phi) is 8.13. The van der Waals surface area contributed by atoms with Crippen LogP contribution in [-0.2, 0) is 16.1 Å². The zero-order valence-electron chi connectivity index (χ0n) is 19.1. The lowest BCUT2D eigenvalue weighted by atomic mass is 10.1. The van der Waals surface area contributed by atoms with Crippen LogP contribution in [0, 0.1) is 0 Å². The Hall–Kier alpha value is -3.40. The van der Waals surface area contributed by atoms with E-state index in [4.69, 9.17) is 4.74 Å². The van der Waals surface area contributed by atoms with Crippen molar-refractivity contribution in [3.05, 3.63) is 60.4 Å². The Morgan fingerprint density at radius 2 is 1.91 bits per heavy atom. The number of aromatic nitrogens is 4. The summed E-state index contributed by atoms with van der Waals surface area (Å²) in [5, 5.41) is 12.5. The molecule has 3 aromatic rings. The van der Waals surface area contributed by atoms with Crippen molar-refractivity contribution < 1.29 is 14.3 Å². The number of benzene rings is 1. The number of carbonyl (C=O) groups excluding carboxylic acids is 2. The summed E-state index contributed by atoms with van der Waals surface area (Å²) in [7, 11) is 0. The summed E-state index contributed by atoms with van der Waals surface area (Å²) in [6, 6.07) is 13.9. The Balaban J connectivity index is 1.37. The molecule has 9 nitrogen and oxygen atoms in total. The van der Waals surface area contributed by atoms with Crippen LogP contribution < -0.4 is 5.32 Å². The van der Waals surface area contributed by atoms with Crippen molar-refractivity contribution in [3.8, 4) is 11.4 Å². The van der Waals surface area contributed by atoms with E-state index in [0.717, 1.165) is 11.1 Å². The maximum Gasteiger partial charge on any atom is 0.409 e. The highest BCUT2D eigenvalue weighted by Crippen LogP contribution is 2.25. The molecule has 1 saturated heterocycles. The van der Waals surface area contributed by atoms with Gasteiger partial charge < -0.3 is 15.0 Å². The topological polar surface area (TPSA) is 102 Å². The van der Waals surface area contributed by atoms with Gasteiger partial charge in [0, 0.05) is 37.1 Å². The van der Waals surface area contributed by atoms with Crippen LogP contribution >= 0.6 is 11.8 Å². The lowest BCUT2D eigenvalue weighted by molar-refractivity contribution is -0.119. The largest absolute Gasteiger partial charge is 0.450 e. The second-order valence-electron chi connectivity index (χ2n) is 7.94. The highest BCUT2D eigenvalue weighted by atomic mass is 32.2. The maximum atomic E-state index is 12.6. The molecule has 2 amide bonds. The van der Waals surface area contributed by atoms with E-state index in [0.29, 0.717) is 50.1 Å². The zero-order chi connectivity index (χ0) is 23.8. The van der Waals surface area contributed by atoms with Gasteiger partial charge in [-0.15, -0.1) is 10.2 Å². The lowest BCUT2D eigenvalue weighted by Crippen LogP contribution is -2.47. The Morgan fingerprint density at radius 1 is 1.12 bits per heavy atom. The molecule has 0 bridgehead atoms. The summed E-state index contributed by atoms with van der Waals surface area (Å²) in [5.74, 6) is 0.890. The number of rotatable bonds is 8. The van der Waals surface area contributed by atoms with Gasteiger partial charge in [-0.2, -0.15) is 0 Å². The van der Waals surface area contributed by atoms with Crippen LogP contribution in [0.15, 0.2) is 60.0 Å². The first-order valence-electron chi connectivity index (χ1n) is 11.4. The molecule has 10 heteroatoms. The number of nitrogens with one attached hydrogen (secondary N) is 1. The quantitative estimate of drug-likeness (QED) is 0.494. The molecule has 0 spiro atoms. The van der Waals surface area contributed by atoms with E-state index in [-0.39, 0.29) is 23.8 Å². The first kappa shape index (κ1) is 23.7. The molecule has 0 atom stereocenters. The molecular weight excluding hydrogens is 452 g/mol. The smallest absolute Gasteiger partial charge is 0.409 e. The number of nitrogens with zero attached hydrogens (tertiary/aromatic N) is 5. The fourth-order valence-corrected chi connectivity index (χ4v) is 4.58. The van der Waals surface area contributed by atoms with Crippen LogP contribution in [0.1, 0.15) is 25.3 Å². The fourth-order valence-electron chi connectivity index (χ4n) is 3.83. The van der Waals surface area contributed by atoms with E-state index in [1.165, 1.54) is 11.8 Å². The van der Waals surface area contributed by atoms with Crippen molar-refractivity contribution in [2.45, 2.75) is 37.5 Å². The molecular formula is C24H28N6O3S. The zero-order valence-corrected chi connectivity index (χ0v) is 19.9. The molecule has 0 saturated carbocycles. The van der Waals surface area contributed by atoms with E-state index in [2.05, 4.69) is 32.6 Å². The van der Waals surface area contributed by atoms with E-state index in [9.17, 15) is 9.59 Å². The summed E-state index contributed by atoms with van der Waals surface area (Å²) < 4.78 is 7.07. The van der Waals surface area contributed by atoms with Gasteiger partial charge in [0.1, 0.15) is 0 Å². The molecule has 1 aliphatic heterocycles. The molecule has 0 unspecified atom stereocenters. The summed E-state index contributed by atoms with van der Waals surface area (Å²) in [4.78, 5) is 30.4. The molecule has 34 heavy (non-hydrogen) atoms. The number of likely N-dealkylation sites (tertiary alicyclic amines) is 1. The molecule has 1 fully saturated rings. The maximum absolute atomic E-state index is 12.6. The predicted molar refractivity (Wildman–Crippen MR) is 129 cm³/mol. The van der Waals surface area contributed by atoms with Crippen molar-refractivity contribution in [2.75, 3.05) is 25.4 Å². The van der Waals surface area contributed by atoms with Crippen LogP contribution in [0.25, 0.3) is 11.4 Å². The number of hydrogen-bond donors (Lipinski definition) is 1. The van der Waals surface area contributed by atoms with Gasteiger partial charge in [0.15, 0.2) is 11.0 Å². The second-order valence-corrected chi connectivity index (χ2v) is 8.88. The fraction of sp³-hybridized carbons (Fsp3) is 0.375. The Morgan fingerprint density at radius 3 is 2.62 bits per heavy atom. The summed E-state index contributed by atoms with van der Waals surface area (Å²) in [5.41, 5.74) is 1.99. The third kappa shape index (κ3) is 6.13. The van der Waals surface area contributed by atoms with Gasteiger partial charge in [0.25, 0.3) is 0 Å². The minimum absolute atomic E-state index is 0.0481. The Bertz CT molecular complexity index is 1080. The molecule has 1 aliphatic rings. The number of thioether (sulfide) groups is 1. The highest BCUT2D eigenvalue weighted by molar-refractivity contribution is 7.99. The third-order valence-corrected chi connectivity index (χ3v) is 6.51. The molecule has 0 aliphatic carbocycles. The van der Waals surface area contributed by atoms with Gasteiger partial charge in [-0.25, -0.2) is 4.79 Å². The highest BCUT2D eigenvalue weighted by Gasteiger charge is 2.25. The molecule has 1 aromatic carbocycles. The van der Waals surface area contributed by atoms with Gasteiger partial charge in [-0.3, -0.25) is 14.3 Å². The number of hydrogen-bond acceptors (Lipinski definition) is 7. The van der Waals surface area contributed by atoms with E-state index in [1.807, 2.05) is 34.9 Å². The van der Waals surface area contributed by atoms with Gasteiger partial charge in [-0.1, -0.05) is 42.1 Å². The van der Waals surface area contributed by atoms with Crippen molar-refractivity contribution in [3.63, 3.8) is 0 Å². The van der Waals surface area contributed by atoms with Gasteiger partial charge in [-0.05, 0) is 37.5 Å². The number of amides is 2. The van der Waals surface area contributed by atoms with Gasteiger partial charge in [0.2, 0.25) is 5.91 Å². The Labute approximate surface area is 202 Å². The van der Waals surface area contributed by atoms with Crippen molar-refractivity contribution in [2.24, 2.45) is 0 Å². The molecule has 1 N–H and O–H groups in total. The summed E-state index contributed by atoms with van der Waals surface area (Å²) >= 11 is 1.36. The minimum atomic E-state index is -0.287. The summed E-state index contributed by atoms with van der Waals surface area (Å²) in [6.45, 7) is 3.91. The van der Waals surface area contributed by atoms with Crippen molar-refractivity contribution in [1.29, 1.82) is 0 Å². The normalized spacial score (nSPS) is 14.1. The van der Waals surface area contributed by atoms with Gasteiger partial charge in [0.05, 0.1) is 18.9 Å². The molecule has 0 radical (unpaired) electrons. The van der Waals surface area contributed by atoms with Crippen LogP contribution in [0.3, 0.4) is 0 Å². The van der Waals surface area contributed by atoms with E-state index >= 15 is 0 Å². The van der Waals surface area contributed by atoms with Crippen LogP contribution in [-0.4, -0.2) is 68.1 Å². The standard InChI is InChI=1S/C24H28N6O3S/c1-2-33-24(32)29-13-10-20(11-14-29)26-21(31)17-34-23-28-27-22(19-9-6-12-25-15-19)30(23)16-18-7-4-3-5-8-18/h3-9,12,15,20H,2,10-11,13-14,16-17H2,1H3,(H,26,31). The first-order chi connectivity index (χ1) is 16.6. The van der Waals surface area contributed by atoms with Crippen molar-refractivity contribution >= 4 is 23.8 Å². The second kappa shape index (κ2) is 11.6. The lowest BCUT2D eigenvalue weighted by Gasteiger charge is -2.31. The molecule has 2 aromatic heterocycles. The van der Waals surface area contributed by atoms with Crippen molar-refractivity contribution in [1.82, 2.24) is 30.0 Å². The SMILES string of the molecule is CCOC(=O)N1CCC(NC(=O)CSc2nnc(-c3cccnc3)n2Cc2ccccc2)CC1. The number of piperidine rings is 1. The minimum Gasteiger partial charge on any atom is -0.450 e. The van der Waals surface area contributed by atoms with E-state index in [1.54, 1.807) is 24.2 Å². The van der Waals surface area contributed by atoms with E-state index < -0.39 is 0 Å². The average molecular weight is 481 g/mol. The molecule has 4 rings (SSSR count). The van der Waals surface area contributed by atoms with Gasteiger partial charge >= 0.3 is 6.09 Å². The van der Waals surface area contributed by atoms with Crippen LogP contribution in [0.2, 0.25) is 0 Å². The van der Waals surface area contributed by atoms with Crippen LogP contribution in [0.5, 0.6) is 0 Å². The van der Waals surface area contributed by atoms with Crippen LogP contribution in [0.4, 0.5) is 4.79 Å². The summed E-state index contributed by atoms with van der Waals surface area (Å²) in [6.07, 6.45) is 4.62. The predicted octanol–water partition coefficient (Wildman–Crippen LogP) is 3.22. The number of carbonyl (C=O) groups is 2. The monoisotopic (exact) mass is 480 g/mol. The third-order valence-electron chi connectivity index (χ3n) is 5.54. The molecule has 178 valence electrons. The molecule has 3 heterocycles. The number of ether oxygens (including phenoxy) is 1. The first-order valence-corrected chi connectivity index (χ1v) is 12.3. The average Bonchev–Trinajstić information content (AvgIpc) is 3.27. The number of pyridine rings is 1.